The van der Waals surface area contributed by atoms with Crippen LogP contribution in [0.2, 0.25) is 0 Å². The lowest BCUT2D eigenvalue weighted by Crippen LogP contribution is -2.08. The SMILES string of the molecule is CCC1=Nc2ncccc2C(=C2CC2)O1. The van der Waals surface area contributed by atoms with Gasteiger partial charge in [-0.3, -0.25) is 0 Å². The van der Waals surface area contributed by atoms with Crippen LogP contribution in [0.5, 0.6) is 0 Å². The number of hydrogen-bond donors (Lipinski definition) is 0. The van der Waals surface area contributed by atoms with Gasteiger partial charge in [0.25, 0.3) is 0 Å². The molecule has 1 saturated carbocycles. The Balaban J connectivity index is 2.17. The minimum absolute atomic E-state index is 0.774. The Morgan fingerprint density at radius 1 is 1.40 bits per heavy atom. The summed E-state index contributed by atoms with van der Waals surface area (Å²) in [7, 11) is 0. The summed E-state index contributed by atoms with van der Waals surface area (Å²) in [6, 6.07) is 3.95. The van der Waals surface area contributed by atoms with E-state index >= 15 is 0 Å². The van der Waals surface area contributed by atoms with E-state index in [1.165, 1.54) is 5.57 Å². The van der Waals surface area contributed by atoms with E-state index in [0.29, 0.717) is 0 Å². The molecule has 76 valence electrons. The van der Waals surface area contributed by atoms with Crippen molar-refractivity contribution in [3.8, 4) is 0 Å². The smallest absolute Gasteiger partial charge is 0.196 e. The first-order chi connectivity index (χ1) is 7.38. The molecule has 15 heavy (non-hydrogen) atoms. The Kier molecular flexibility index (Phi) is 1.84. The van der Waals surface area contributed by atoms with E-state index in [9.17, 15) is 0 Å². The molecule has 3 heteroatoms. The van der Waals surface area contributed by atoms with Crippen molar-refractivity contribution >= 4 is 17.5 Å². The van der Waals surface area contributed by atoms with Crippen molar-refractivity contribution in [2.45, 2.75) is 26.2 Å². The van der Waals surface area contributed by atoms with Crippen LogP contribution in [0.15, 0.2) is 28.9 Å². The van der Waals surface area contributed by atoms with Gasteiger partial charge in [-0.15, -0.1) is 0 Å². The Hall–Kier alpha value is -1.64. The molecule has 0 bridgehead atoms. The van der Waals surface area contributed by atoms with Crippen LogP contribution in [0.4, 0.5) is 5.82 Å². The molecule has 1 fully saturated rings. The summed E-state index contributed by atoms with van der Waals surface area (Å²) in [6.07, 6.45) is 4.89. The summed E-state index contributed by atoms with van der Waals surface area (Å²) in [5, 5.41) is 0. The maximum atomic E-state index is 5.78. The molecule has 1 aromatic heterocycles. The topological polar surface area (TPSA) is 34.5 Å². The first kappa shape index (κ1) is 8.65. The van der Waals surface area contributed by atoms with Crippen LogP contribution in [-0.4, -0.2) is 10.9 Å². The first-order valence-corrected chi connectivity index (χ1v) is 5.31. The molecule has 2 aliphatic rings. The van der Waals surface area contributed by atoms with Gasteiger partial charge >= 0.3 is 0 Å². The van der Waals surface area contributed by atoms with Crippen molar-refractivity contribution in [2.24, 2.45) is 4.99 Å². The average Bonchev–Trinajstić information content (AvgIpc) is 3.11. The highest BCUT2D eigenvalue weighted by Crippen LogP contribution is 2.41. The fourth-order valence-electron chi connectivity index (χ4n) is 1.68. The lowest BCUT2D eigenvalue weighted by molar-refractivity contribution is 0.485. The van der Waals surface area contributed by atoms with Crippen LogP contribution in [0.1, 0.15) is 31.7 Å². The Morgan fingerprint density at radius 2 is 2.27 bits per heavy atom. The Bertz CT molecular complexity index is 468. The number of pyridine rings is 1. The molecule has 3 rings (SSSR count). The largest absolute Gasteiger partial charge is 0.442 e. The van der Waals surface area contributed by atoms with Crippen molar-refractivity contribution in [1.82, 2.24) is 4.98 Å². The maximum Gasteiger partial charge on any atom is 0.196 e. The van der Waals surface area contributed by atoms with Gasteiger partial charge in [0.2, 0.25) is 0 Å². The van der Waals surface area contributed by atoms with Crippen LogP contribution >= 0.6 is 0 Å². The van der Waals surface area contributed by atoms with Gasteiger partial charge < -0.3 is 4.74 Å². The molecule has 1 aliphatic heterocycles. The highest BCUT2D eigenvalue weighted by atomic mass is 16.5. The zero-order chi connectivity index (χ0) is 10.3. The molecule has 0 aromatic carbocycles. The van der Waals surface area contributed by atoms with Gasteiger partial charge in [-0.2, -0.15) is 4.99 Å². The molecule has 2 heterocycles. The van der Waals surface area contributed by atoms with Crippen molar-refractivity contribution in [2.75, 3.05) is 0 Å². The molecule has 0 radical (unpaired) electrons. The fraction of sp³-hybridized carbons (Fsp3) is 0.333. The van der Waals surface area contributed by atoms with Crippen molar-refractivity contribution in [3.05, 3.63) is 29.5 Å². The fourth-order valence-corrected chi connectivity index (χ4v) is 1.68. The van der Waals surface area contributed by atoms with Gasteiger partial charge in [0.1, 0.15) is 5.76 Å². The minimum atomic E-state index is 0.774. The number of allylic oxidation sites excluding steroid dienone is 1. The summed E-state index contributed by atoms with van der Waals surface area (Å²) >= 11 is 0. The molecule has 3 nitrogen and oxygen atoms in total. The minimum Gasteiger partial charge on any atom is -0.442 e. The maximum absolute atomic E-state index is 5.78. The van der Waals surface area contributed by atoms with Crippen LogP contribution in [-0.2, 0) is 4.74 Å². The monoisotopic (exact) mass is 200 g/mol. The van der Waals surface area contributed by atoms with Gasteiger partial charge in [-0.05, 0) is 30.5 Å². The number of aliphatic imine (C=N–C) groups is 1. The predicted molar refractivity (Wildman–Crippen MR) is 58.9 cm³/mol. The van der Waals surface area contributed by atoms with E-state index < -0.39 is 0 Å². The third-order valence-corrected chi connectivity index (χ3v) is 2.61. The second-order valence-corrected chi connectivity index (χ2v) is 3.77. The van der Waals surface area contributed by atoms with E-state index in [-0.39, 0.29) is 0 Å². The second-order valence-electron chi connectivity index (χ2n) is 3.77. The number of rotatable bonds is 1. The second kappa shape index (κ2) is 3.19. The average molecular weight is 200 g/mol. The normalized spacial score (nSPS) is 18.1. The highest BCUT2D eigenvalue weighted by molar-refractivity contribution is 5.91. The Morgan fingerprint density at radius 3 is 3.00 bits per heavy atom. The highest BCUT2D eigenvalue weighted by Gasteiger charge is 2.26. The van der Waals surface area contributed by atoms with E-state index in [4.69, 9.17) is 4.74 Å². The summed E-state index contributed by atoms with van der Waals surface area (Å²) in [5.74, 6) is 2.58. The predicted octanol–water partition coefficient (Wildman–Crippen LogP) is 3.06. The summed E-state index contributed by atoms with van der Waals surface area (Å²) in [4.78, 5) is 8.65. The van der Waals surface area contributed by atoms with E-state index in [2.05, 4.69) is 9.98 Å². The van der Waals surface area contributed by atoms with Gasteiger partial charge in [-0.25, -0.2) is 4.98 Å². The van der Waals surface area contributed by atoms with Crippen molar-refractivity contribution in [1.29, 1.82) is 0 Å². The van der Waals surface area contributed by atoms with Gasteiger partial charge in [-0.1, -0.05) is 6.92 Å². The molecule has 0 N–H and O–H groups in total. The summed E-state index contributed by atoms with van der Waals surface area (Å²) in [5.41, 5.74) is 2.44. The Labute approximate surface area is 88.5 Å². The zero-order valence-electron chi connectivity index (χ0n) is 8.66. The molecule has 1 aromatic rings. The molecule has 0 spiro atoms. The number of nitrogens with zero attached hydrogens (tertiary/aromatic N) is 2. The van der Waals surface area contributed by atoms with E-state index in [0.717, 1.165) is 42.3 Å². The van der Waals surface area contributed by atoms with Gasteiger partial charge in [0.05, 0.1) is 5.56 Å². The van der Waals surface area contributed by atoms with E-state index in [1.807, 2.05) is 19.1 Å². The lowest BCUT2D eigenvalue weighted by atomic mass is 10.2. The van der Waals surface area contributed by atoms with Crippen LogP contribution in [0.25, 0.3) is 5.76 Å². The zero-order valence-corrected chi connectivity index (χ0v) is 8.66. The third-order valence-electron chi connectivity index (χ3n) is 2.61. The van der Waals surface area contributed by atoms with Crippen LogP contribution in [0.3, 0.4) is 0 Å². The van der Waals surface area contributed by atoms with Gasteiger partial charge in [0.15, 0.2) is 11.7 Å². The lowest BCUT2D eigenvalue weighted by Gasteiger charge is -2.17. The number of fused-ring (bicyclic) bond motifs is 1. The third kappa shape index (κ3) is 1.44. The van der Waals surface area contributed by atoms with Crippen LogP contribution in [0, 0.1) is 0 Å². The molecule has 0 amide bonds. The van der Waals surface area contributed by atoms with Crippen molar-refractivity contribution < 1.29 is 4.74 Å². The quantitative estimate of drug-likeness (QED) is 0.698. The standard InChI is InChI=1S/C12H12N2O/c1-2-10-14-12-9(4-3-7-13-12)11(15-10)8-5-6-8/h3-4,7H,2,5-6H2,1H3. The van der Waals surface area contributed by atoms with Gasteiger partial charge in [0, 0.05) is 12.6 Å². The van der Waals surface area contributed by atoms with Crippen molar-refractivity contribution in [3.63, 3.8) is 0 Å². The summed E-state index contributed by atoms with van der Waals surface area (Å²) < 4.78 is 5.78. The van der Waals surface area contributed by atoms with Crippen LogP contribution < -0.4 is 0 Å². The molecular formula is C12H12N2O. The number of ether oxygens (including phenoxy) is 1. The van der Waals surface area contributed by atoms with E-state index in [1.54, 1.807) is 6.20 Å². The first-order valence-electron chi connectivity index (χ1n) is 5.31. The number of aromatic nitrogens is 1. The molecule has 1 aliphatic carbocycles. The molecule has 0 saturated heterocycles. The number of hydrogen-bond acceptors (Lipinski definition) is 3. The molecular weight excluding hydrogens is 188 g/mol. The molecule has 0 atom stereocenters. The molecule has 0 unspecified atom stereocenters. The summed E-state index contributed by atoms with van der Waals surface area (Å²) in [6.45, 7) is 2.04.